The van der Waals surface area contributed by atoms with Gasteiger partial charge < -0.3 is 15.2 Å². The molecular weight excluding hydrogens is 523 g/mol. The summed E-state index contributed by atoms with van der Waals surface area (Å²) in [6.07, 6.45) is 9.46. The third-order valence-corrected chi connectivity index (χ3v) is 8.82. The number of carbonyl (C=O) groups excluding carboxylic acids is 1. The summed E-state index contributed by atoms with van der Waals surface area (Å²) in [5.74, 6) is 0.477. The normalized spacial score (nSPS) is 19.1. The van der Waals surface area contributed by atoms with E-state index in [9.17, 15) is 18.3 Å². The number of ether oxygens (including phenoxy) is 1. The first-order valence-electron chi connectivity index (χ1n) is 12.0. The van der Waals surface area contributed by atoms with Gasteiger partial charge in [0.1, 0.15) is 41.3 Å². The highest BCUT2D eigenvalue weighted by Gasteiger charge is 2.48. The molecule has 2 aromatic carbocycles. The van der Waals surface area contributed by atoms with Gasteiger partial charge in [0, 0.05) is 29.7 Å². The number of allylic oxidation sites excluding steroid dienone is 1. The molecule has 2 aliphatic heterocycles. The molecule has 3 heterocycles. The van der Waals surface area contributed by atoms with E-state index in [1.54, 1.807) is 6.07 Å². The van der Waals surface area contributed by atoms with Gasteiger partial charge in [0.2, 0.25) is 0 Å². The fourth-order valence-corrected chi connectivity index (χ4v) is 7.44. The first kappa shape index (κ1) is 26.2. The smallest absolute Gasteiger partial charge is 0.279 e. The van der Waals surface area contributed by atoms with E-state index in [0.29, 0.717) is 0 Å². The quantitative estimate of drug-likeness (QED) is 0.368. The highest BCUT2D eigenvalue weighted by atomic mass is 32.2. The molecule has 1 unspecified atom stereocenters. The Morgan fingerprint density at radius 1 is 1.31 bits per heavy atom. The Bertz CT molecular complexity index is 1650. The van der Waals surface area contributed by atoms with E-state index in [4.69, 9.17) is 11.2 Å². The van der Waals surface area contributed by atoms with Crippen molar-refractivity contribution in [3.8, 4) is 23.8 Å². The third-order valence-electron chi connectivity index (χ3n) is 6.52. The Hall–Kier alpha value is -4.43. The van der Waals surface area contributed by atoms with E-state index in [0.717, 1.165) is 11.0 Å². The Balaban J connectivity index is 1.84. The van der Waals surface area contributed by atoms with E-state index in [2.05, 4.69) is 21.2 Å². The number of anilines is 2. The number of nitrogens with zero attached hydrogens (tertiary/aromatic N) is 3. The maximum absolute atomic E-state index is 15.9. The van der Waals surface area contributed by atoms with Gasteiger partial charge in [-0.1, -0.05) is 25.8 Å². The van der Waals surface area contributed by atoms with Crippen LogP contribution in [0.3, 0.4) is 0 Å². The highest BCUT2D eigenvalue weighted by Crippen LogP contribution is 2.51. The molecule has 0 spiro atoms. The van der Waals surface area contributed by atoms with Crippen LogP contribution in [0.4, 0.5) is 15.8 Å². The molecule has 9 nitrogen and oxygen atoms in total. The second kappa shape index (κ2) is 9.71. The number of benzene rings is 2. The number of phenolic OH excluding ortho intramolecular Hbond substituents is 1. The highest BCUT2D eigenvalue weighted by molar-refractivity contribution is 7.95. The number of hydrogen-bond donors (Lipinski definition) is 2. The van der Waals surface area contributed by atoms with Crippen molar-refractivity contribution in [3.63, 3.8) is 0 Å². The summed E-state index contributed by atoms with van der Waals surface area (Å²) in [6.45, 7) is 3.53. The van der Waals surface area contributed by atoms with Gasteiger partial charge in [-0.05, 0) is 36.1 Å². The number of sulfone groups is 1. The summed E-state index contributed by atoms with van der Waals surface area (Å²) in [7, 11) is -4.05. The molecule has 39 heavy (non-hydrogen) atoms. The predicted octanol–water partition coefficient (Wildman–Crippen LogP) is 4.20. The average Bonchev–Trinajstić information content (AvgIpc) is 3.02. The zero-order chi connectivity index (χ0) is 27.9. The first-order chi connectivity index (χ1) is 18.5. The van der Waals surface area contributed by atoms with Crippen LogP contribution in [-0.4, -0.2) is 41.8 Å². The van der Waals surface area contributed by atoms with Crippen LogP contribution in [0, 0.1) is 23.6 Å². The molecule has 0 saturated heterocycles. The number of para-hydroxylation sites is 1. The first-order valence-corrected chi connectivity index (χ1v) is 13.7. The minimum atomic E-state index is -4.05. The molecule has 1 aromatic heterocycles. The number of halogens is 1. The zero-order valence-corrected chi connectivity index (χ0v) is 22.0. The molecule has 1 atom stereocenters. The Morgan fingerprint density at radius 2 is 2.10 bits per heavy atom. The van der Waals surface area contributed by atoms with Gasteiger partial charge in [0.05, 0.1) is 22.5 Å². The van der Waals surface area contributed by atoms with Crippen molar-refractivity contribution in [2.24, 2.45) is 5.41 Å². The van der Waals surface area contributed by atoms with Crippen LogP contribution in [0.15, 0.2) is 65.6 Å². The summed E-state index contributed by atoms with van der Waals surface area (Å²) in [4.78, 5) is 23.1. The number of rotatable bonds is 4. The summed E-state index contributed by atoms with van der Waals surface area (Å²) < 4.78 is 49.1. The number of hydrogen-bond acceptors (Lipinski definition) is 8. The van der Waals surface area contributed by atoms with Gasteiger partial charge in [-0.3, -0.25) is 14.7 Å². The lowest BCUT2D eigenvalue weighted by molar-refractivity contribution is 0.0975. The van der Waals surface area contributed by atoms with Crippen LogP contribution in [0.2, 0.25) is 0 Å². The summed E-state index contributed by atoms with van der Waals surface area (Å²) in [5.41, 5.74) is -0.328. The molecule has 0 saturated carbocycles. The van der Waals surface area contributed by atoms with Crippen molar-refractivity contribution in [1.82, 2.24) is 9.97 Å². The van der Waals surface area contributed by atoms with Crippen molar-refractivity contribution in [3.05, 3.63) is 82.7 Å². The summed E-state index contributed by atoms with van der Waals surface area (Å²) in [5, 5.41) is 13.9. The molecule has 200 valence electrons. The summed E-state index contributed by atoms with van der Waals surface area (Å²) >= 11 is 0. The number of aromatic nitrogens is 2. The van der Waals surface area contributed by atoms with Gasteiger partial charge in [-0.15, -0.1) is 6.42 Å². The third kappa shape index (κ3) is 4.79. The van der Waals surface area contributed by atoms with Crippen molar-refractivity contribution in [2.45, 2.75) is 26.3 Å². The van der Waals surface area contributed by atoms with Crippen LogP contribution in [0.5, 0.6) is 11.5 Å². The predicted molar refractivity (Wildman–Crippen MR) is 143 cm³/mol. The molecule has 1 amide bonds. The van der Waals surface area contributed by atoms with Gasteiger partial charge in [0.15, 0.2) is 9.84 Å². The molecule has 0 bridgehead atoms. The molecule has 0 radical (unpaired) electrons. The molecule has 0 fully saturated rings. The molecule has 3 aromatic rings. The number of fused-ring (bicyclic) bond motifs is 1. The lowest BCUT2D eigenvalue weighted by Gasteiger charge is -2.37. The molecule has 5 rings (SSSR count). The largest absolute Gasteiger partial charge is 0.506 e. The molecule has 0 aliphatic carbocycles. The van der Waals surface area contributed by atoms with E-state index in [1.807, 2.05) is 13.8 Å². The fraction of sp³-hybridized carbons (Fsp3) is 0.250. The van der Waals surface area contributed by atoms with Crippen LogP contribution in [-0.2, 0) is 9.84 Å². The van der Waals surface area contributed by atoms with Crippen LogP contribution in [0.25, 0.3) is 0 Å². The topological polar surface area (TPSA) is 122 Å². The van der Waals surface area contributed by atoms with Crippen LogP contribution in [0.1, 0.15) is 42.4 Å². The number of phenols is 1. The second-order valence-corrected chi connectivity index (χ2v) is 12.0. The van der Waals surface area contributed by atoms with E-state index in [1.165, 1.54) is 42.9 Å². The van der Waals surface area contributed by atoms with Crippen molar-refractivity contribution in [2.75, 3.05) is 22.6 Å². The minimum Gasteiger partial charge on any atom is -0.506 e. The van der Waals surface area contributed by atoms with Crippen molar-refractivity contribution < 1.29 is 27.4 Å². The maximum Gasteiger partial charge on any atom is 0.279 e. The van der Waals surface area contributed by atoms with E-state index in [-0.39, 0.29) is 63.5 Å². The SMILES string of the molecule is C#CCOc1ccc(C2C3=C(CC(C)(C)CS3(=O)=O)Nc3c(O)cccc3N2C(=O)c2cnccn2)c(F)c1. The molecular formula is C28H25FN4O5S. The standard InChI is InChI=1S/C28H25FN4O5S/c1-4-12-38-17-8-9-18(19(29)13-17)25-26-20(14-28(2,3)16-39(26,36)37)32-24-22(6-5-7-23(24)34)33(25)27(35)21-15-30-10-11-31-21/h1,5-11,13,15,25,32,34H,12,14,16H2,2-3H3. The molecule has 2 N–H and O–H groups in total. The monoisotopic (exact) mass is 548 g/mol. The van der Waals surface area contributed by atoms with Gasteiger partial charge in [-0.2, -0.15) is 0 Å². The number of carbonyl (C=O) groups is 1. The molecule has 11 heteroatoms. The summed E-state index contributed by atoms with van der Waals surface area (Å²) in [6, 6.07) is 6.96. The lowest BCUT2D eigenvalue weighted by Crippen LogP contribution is -2.41. The Kier molecular flexibility index (Phi) is 6.52. The van der Waals surface area contributed by atoms with Crippen molar-refractivity contribution in [1.29, 1.82) is 0 Å². The van der Waals surface area contributed by atoms with Gasteiger partial charge in [-0.25, -0.2) is 17.8 Å². The Labute approximate surface area is 225 Å². The van der Waals surface area contributed by atoms with Gasteiger partial charge in [0.25, 0.3) is 5.91 Å². The van der Waals surface area contributed by atoms with Gasteiger partial charge >= 0.3 is 0 Å². The molecule has 2 aliphatic rings. The van der Waals surface area contributed by atoms with E-state index < -0.39 is 33.0 Å². The number of terminal acetylenes is 1. The zero-order valence-electron chi connectivity index (χ0n) is 21.2. The maximum atomic E-state index is 15.9. The number of amides is 1. The number of nitrogens with one attached hydrogen (secondary N) is 1. The fourth-order valence-electron chi connectivity index (χ4n) is 5.09. The van der Waals surface area contributed by atoms with Crippen LogP contribution >= 0.6 is 0 Å². The van der Waals surface area contributed by atoms with E-state index >= 15 is 4.39 Å². The average molecular weight is 549 g/mol. The second-order valence-electron chi connectivity index (χ2n) is 10.1. The van der Waals surface area contributed by atoms with Crippen LogP contribution < -0.4 is 15.0 Å². The minimum absolute atomic E-state index is 0.0885. The Morgan fingerprint density at radius 3 is 2.79 bits per heavy atom. The lowest BCUT2D eigenvalue weighted by atomic mass is 9.88. The number of aromatic hydroxyl groups is 1. The van der Waals surface area contributed by atoms with Crippen molar-refractivity contribution >= 4 is 27.1 Å².